The molecule has 0 spiro atoms. The Morgan fingerprint density at radius 2 is 1.53 bits per heavy atom. The van der Waals surface area contributed by atoms with E-state index < -0.39 is 6.48 Å². The van der Waals surface area contributed by atoms with Gasteiger partial charge in [-0.3, -0.25) is 4.79 Å². The Bertz CT molecular complexity index is 301. The second kappa shape index (κ2) is 14.2. The molecule has 0 aliphatic heterocycles. The van der Waals surface area contributed by atoms with Crippen LogP contribution < -0.4 is 5.32 Å². The van der Waals surface area contributed by atoms with E-state index in [0.29, 0.717) is 13.0 Å². The van der Waals surface area contributed by atoms with Gasteiger partial charge in [-0.05, 0) is 0 Å². The van der Waals surface area contributed by atoms with E-state index in [2.05, 4.69) is 15.3 Å². The van der Waals surface area contributed by atoms with E-state index in [1.807, 2.05) is 0 Å². The second-order valence-corrected chi connectivity index (χ2v) is 2.92. The number of nitrogens with zero attached hydrogens (tertiary/aromatic N) is 2. The topological polar surface area (TPSA) is 116 Å². The highest BCUT2D eigenvalue weighted by Crippen LogP contribution is 1.97. The van der Waals surface area contributed by atoms with E-state index in [9.17, 15) is 14.4 Å². The standard InChI is InChI=1S/C10H15N3O6/c14-7-11-1-4-17-10(18-5-2-12-8-15)19-6-3-13-9-16/h7,10H,1-6H2,(H,11,14). The Kier molecular flexibility index (Phi) is 12.8. The first-order valence-corrected chi connectivity index (χ1v) is 5.44. The van der Waals surface area contributed by atoms with E-state index in [-0.39, 0.29) is 32.9 Å². The van der Waals surface area contributed by atoms with E-state index in [0.717, 1.165) is 0 Å². The highest BCUT2D eigenvalue weighted by molar-refractivity contribution is 5.45. The van der Waals surface area contributed by atoms with Crippen LogP contribution in [0, 0.1) is 0 Å². The normalized spacial score (nSPS) is 10.9. The summed E-state index contributed by atoms with van der Waals surface area (Å²) in [5.41, 5.74) is 0. The average molecular weight is 273 g/mol. The number of hydrogen-bond acceptors (Lipinski definition) is 8. The Balaban J connectivity index is 3.86. The summed E-state index contributed by atoms with van der Waals surface area (Å²) in [5.74, 6) is 0. The first-order valence-electron chi connectivity index (χ1n) is 5.44. The van der Waals surface area contributed by atoms with Gasteiger partial charge >= 0.3 is 0 Å². The van der Waals surface area contributed by atoms with E-state index in [1.54, 1.807) is 0 Å². The zero-order valence-electron chi connectivity index (χ0n) is 10.2. The SMILES string of the molecule is O=C=NCCOC(OCCN=C=O)OCCNC=O. The number of amides is 1. The van der Waals surface area contributed by atoms with Crippen molar-refractivity contribution < 1.29 is 28.6 Å². The van der Waals surface area contributed by atoms with Crippen LogP contribution >= 0.6 is 0 Å². The lowest BCUT2D eigenvalue weighted by atomic mass is 10.7. The molecule has 0 aromatic rings. The Morgan fingerprint density at radius 1 is 1.00 bits per heavy atom. The summed E-state index contributed by atoms with van der Waals surface area (Å²) in [6.45, 7) is -0.0339. The zero-order chi connectivity index (χ0) is 14.2. The monoisotopic (exact) mass is 273 g/mol. The summed E-state index contributed by atoms with van der Waals surface area (Å²) in [6.07, 6.45) is 3.27. The lowest BCUT2D eigenvalue weighted by Crippen LogP contribution is -2.27. The Hall–Kier alpha value is -1.89. The van der Waals surface area contributed by atoms with Gasteiger partial charge in [0.2, 0.25) is 18.6 Å². The minimum absolute atomic E-state index is 0.109. The van der Waals surface area contributed by atoms with Crippen LogP contribution in [0.5, 0.6) is 0 Å². The number of aliphatic imine (C=N–C) groups is 2. The lowest BCUT2D eigenvalue weighted by Gasteiger charge is -2.17. The molecule has 1 N–H and O–H groups in total. The fraction of sp³-hybridized carbons (Fsp3) is 0.700. The maximum absolute atomic E-state index is 10.0. The maximum atomic E-state index is 10.0. The Labute approximate surface area is 109 Å². The number of carbonyl (C=O) groups excluding carboxylic acids is 3. The predicted molar refractivity (Wildman–Crippen MR) is 61.7 cm³/mol. The molecule has 0 aliphatic carbocycles. The molecule has 1 amide bonds. The number of hydrogen-bond donors (Lipinski definition) is 1. The fourth-order valence-electron chi connectivity index (χ4n) is 0.898. The van der Waals surface area contributed by atoms with E-state index >= 15 is 0 Å². The summed E-state index contributed by atoms with van der Waals surface area (Å²) in [5, 5.41) is 2.40. The summed E-state index contributed by atoms with van der Waals surface area (Å²) in [7, 11) is 0. The van der Waals surface area contributed by atoms with Crippen LogP contribution in [-0.4, -0.2) is 64.5 Å². The van der Waals surface area contributed by atoms with Crippen molar-refractivity contribution in [2.24, 2.45) is 9.98 Å². The Morgan fingerprint density at radius 3 is 2.00 bits per heavy atom. The number of rotatable bonds is 13. The van der Waals surface area contributed by atoms with Gasteiger partial charge in [0, 0.05) is 6.54 Å². The van der Waals surface area contributed by atoms with Crippen molar-refractivity contribution in [2.75, 3.05) is 39.5 Å². The van der Waals surface area contributed by atoms with Crippen LogP contribution in [0.25, 0.3) is 0 Å². The molecule has 0 heterocycles. The maximum Gasteiger partial charge on any atom is 0.271 e. The summed E-state index contributed by atoms with van der Waals surface area (Å²) >= 11 is 0. The zero-order valence-corrected chi connectivity index (χ0v) is 10.2. The molecule has 0 aliphatic rings. The molecule has 106 valence electrons. The molecule has 0 atom stereocenters. The molecule has 0 radical (unpaired) electrons. The van der Waals surface area contributed by atoms with Crippen LogP contribution in [0.15, 0.2) is 9.98 Å². The lowest BCUT2D eigenvalue weighted by molar-refractivity contribution is -0.284. The third-order valence-electron chi connectivity index (χ3n) is 1.63. The van der Waals surface area contributed by atoms with Gasteiger partial charge in [0.15, 0.2) is 0 Å². The van der Waals surface area contributed by atoms with Crippen molar-refractivity contribution >= 4 is 18.6 Å². The molecule has 0 aromatic heterocycles. The number of isocyanates is 2. The quantitative estimate of drug-likeness (QED) is 0.147. The van der Waals surface area contributed by atoms with Crippen molar-refractivity contribution in [1.82, 2.24) is 5.32 Å². The second-order valence-electron chi connectivity index (χ2n) is 2.92. The fourth-order valence-corrected chi connectivity index (χ4v) is 0.898. The molecule has 9 nitrogen and oxygen atoms in total. The first kappa shape index (κ1) is 17.1. The number of carbonyl (C=O) groups is 1. The largest absolute Gasteiger partial charge is 0.356 e. The summed E-state index contributed by atoms with van der Waals surface area (Å²) < 4.78 is 15.4. The van der Waals surface area contributed by atoms with Gasteiger partial charge in [-0.1, -0.05) is 0 Å². The van der Waals surface area contributed by atoms with Crippen LogP contribution in [-0.2, 0) is 28.6 Å². The molecule has 19 heavy (non-hydrogen) atoms. The minimum atomic E-state index is -0.989. The highest BCUT2D eigenvalue weighted by atomic mass is 16.8. The van der Waals surface area contributed by atoms with Crippen molar-refractivity contribution in [3.8, 4) is 0 Å². The third kappa shape index (κ3) is 12.4. The van der Waals surface area contributed by atoms with Crippen molar-refractivity contribution in [2.45, 2.75) is 6.48 Å². The van der Waals surface area contributed by atoms with Gasteiger partial charge in [-0.25, -0.2) is 19.6 Å². The molecule has 0 saturated carbocycles. The van der Waals surface area contributed by atoms with Gasteiger partial charge in [-0.15, -0.1) is 0 Å². The van der Waals surface area contributed by atoms with Gasteiger partial charge in [0.1, 0.15) is 0 Å². The number of nitrogens with one attached hydrogen (secondary N) is 1. The van der Waals surface area contributed by atoms with Crippen LogP contribution in [0.1, 0.15) is 0 Å². The molecule has 9 heteroatoms. The molecule has 0 fully saturated rings. The molecular weight excluding hydrogens is 258 g/mol. The van der Waals surface area contributed by atoms with Crippen molar-refractivity contribution in [3.63, 3.8) is 0 Å². The summed E-state index contributed by atoms with van der Waals surface area (Å²) in [6, 6.07) is 0. The number of ether oxygens (including phenoxy) is 3. The first-order chi connectivity index (χ1) is 9.35. The minimum Gasteiger partial charge on any atom is -0.356 e. The third-order valence-corrected chi connectivity index (χ3v) is 1.63. The van der Waals surface area contributed by atoms with Crippen LogP contribution in [0.2, 0.25) is 0 Å². The van der Waals surface area contributed by atoms with Gasteiger partial charge in [-0.2, -0.15) is 0 Å². The van der Waals surface area contributed by atoms with E-state index in [4.69, 9.17) is 14.2 Å². The molecular formula is C10H15N3O6. The summed E-state index contributed by atoms with van der Waals surface area (Å²) in [4.78, 5) is 36.3. The molecule has 0 bridgehead atoms. The molecule has 0 rings (SSSR count). The van der Waals surface area contributed by atoms with E-state index in [1.165, 1.54) is 12.2 Å². The molecule has 0 aromatic carbocycles. The molecule has 0 unspecified atom stereocenters. The average Bonchev–Trinajstić information content (AvgIpc) is 2.43. The van der Waals surface area contributed by atoms with Gasteiger partial charge in [0.05, 0.1) is 32.9 Å². The smallest absolute Gasteiger partial charge is 0.271 e. The van der Waals surface area contributed by atoms with Gasteiger partial charge < -0.3 is 19.5 Å². The highest BCUT2D eigenvalue weighted by Gasteiger charge is 2.09. The molecule has 0 saturated heterocycles. The van der Waals surface area contributed by atoms with Crippen molar-refractivity contribution in [3.05, 3.63) is 0 Å². The predicted octanol–water partition coefficient (Wildman–Crippen LogP) is -1.26. The van der Waals surface area contributed by atoms with Crippen molar-refractivity contribution in [1.29, 1.82) is 0 Å². The van der Waals surface area contributed by atoms with Gasteiger partial charge in [0.25, 0.3) is 6.48 Å². The van der Waals surface area contributed by atoms with Crippen LogP contribution in [0.3, 0.4) is 0 Å². The van der Waals surface area contributed by atoms with Crippen LogP contribution in [0.4, 0.5) is 0 Å².